The van der Waals surface area contributed by atoms with Crippen molar-refractivity contribution in [2.75, 3.05) is 7.11 Å². The van der Waals surface area contributed by atoms with Crippen molar-refractivity contribution in [3.8, 4) is 17.0 Å². The zero-order valence-corrected chi connectivity index (χ0v) is 13.7. The van der Waals surface area contributed by atoms with Gasteiger partial charge in [-0.25, -0.2) is 9.50 Å². The van der Waals surface area contributed by atoms with E-state index in [0.29, 0.717) is 11.3 Å². The van der Waals surface area contributed by atoms with Gasteiger partial charge in [0.2, 0.25) is 0 Å². The van der Waals surface area contributed by atoms with Crippen molar-refractivity contribution in [1.29, 1.82) is 0 Å². The van der Waals surface area contributed by atoms with E-state index in [-0.39, 0.29) is 35.1 Å². The maximum Gasteiger partial charge on any atom is 0.273 e. The maximum absolute atomic E-state index is 12.0. The first kappa shape index (κ1) is 14.8. The van der Waals surface area contributed by atoms with Crippen molar-refractivity contribution in [3.05, 3.63) is 52.4 Å². The van der Waals surface area contributed by atoms with Gasteiger partial charge in [-0.15, -0.1) is 0 Å². The van der Waals surface area contributed by atoms with Gasteiger partial charge in [0.05, 0.1) is 12.8 Å². The quantitative estimate of drug-likeness (QED) is 0.725. The normalized spacial score (nSPS) is 10.3. The number of aryl methyl sites for hydroxylation is 1. The van der Waals surface area contributed by atoms with Crippen LogP contribution >= 0.6 is 0 Å². The van der Waals surface area contributed by atoms with E-state index in [1.165, 1.54) is 10.6 Å². The van der Waals surface area contributed by atoms with Gasteiger partial charge in [-0.3, -0.25) is 9.89 Å². The molecule has 0 amide bonds. The Kier molecular flexibility index (Phi) is 4.32. The number of methoxy groups -OCH3 is 1. The summed E-state index contributed by atoms with van der Waals surface area (Å²) in [5, 5.41) is 2.95. The van der Waals surface area contributed by atoms with Crippen LogP contribution in [0.25, 0.3) is 16.9 Å². The molecule has 1 aromatic carbocycles. The second kappa shape index (κ2) is 5.83. The molecule has 2 aromatic heterocycles. The van der Waals surface area contributed by atoms with E-state index < -0.39 is 0 Å². The number of fused-ring (bicyclic) bond motifs is 1. The predicted molar refractivity (Wildman–Crippen MR) is 78.3 cm³/mol. The summed E-state index contributed by atoms with van der Waals surface area (Å²) in [6, 6.07) is 10.8. The van der Waals surface area contributed by atoms with Gasteiger partial charge < -0.3 is 4.74 Å². The molecular weight excluding hydrogens is 265 g/mol. The topological polar surface area (TPSA) is 59.4 Å². The predicted octanol–water partition coefficient (Wildman–Crippen LogP) is 1.63. The van der Waals surface area contributed by atoms with Crippen molar-refractivity contribution in [2.24, 2.45) is 0 Å². The molecule has 3 aromatic rings. The van der Waals surface area contributed by atoms with Crippen LogP contribution in [0.1, 0.15) is 5.69 Å². The van der Waals surface area contributed by atoms with E-state index in [2.05, 4.69) is 10.1 Å². The standard InChI is InChI=1S/C14H13N3O2.Na/c1-9-7-13-15-12(8-14(18)17(13)16-9)10-3-5-11(19-2)6-4-10;/h3-8,16H,1-2H3;. The van der Waals surface area contributed by atoms with Crippen LogP contribution < -0.4 is 10.3 Å². The number of H-pyrrole nitrogens is 1. The Bertz CT molecular complexity index is 790. The van der Waals surface area contributed by atoms with Gasteiger partial charge in [0.15, 0.2) is 5.65 Å². The minimum atomic E-state index is -0.121. The molecule has 97 valence electrons. The molecule has 0 aliphatic heterocycles. The summed E-state index contributed by atoms with van der Waals surface area (Å²) in [6.45, 7) is 1.89. The summed E-state index contributed by atoms with van der Waals surface area (Å²) in [7, 11) is 1.62. The first-order valence-electron chi connectivity index (χ1n) is 5.91. The van der Waals surface area contributed by atoms with Crippen LogP contribution in [-0.4, -0.2) is 51.3 Å². The minimum Gasteiger partial charge on any atom is -0.497 e. The van der Waals surface area contributed by atoms with Gasteiger partial charge in [0, 0.05) is 52.9 Å². The van der Waals surface area contributed by atoms with E-state index in [4.69, 9.17) is 4.74 Å². The SMILES string of the molecule is COc1ccc(-c2cc(=O)n3[nH]c(C)cc3n2)cc1.[Na]. The number of rotatable bonds is 2. The van der Waals surface area contributed by atoms with Gasteiger partial charge in [0.25, 0.3) is 5.56 Å². The second-order valence-corrected chi connectivity index (χ2v) is 4.34. The van der Waals surface area contributed by atoms with Crippen LogP contribution in [0.5, 0.6) is 5.75 Å². The fourth-order valence-electron chi connectivity index (χ4n) is 2.02. The van der Waals surface area contributed by atoms with Crippen LogP contribution in [0.2, 0.25) is 0 Å². The third kappa shape index (κ3) is 2.65. The molecule has 1 radical (unpaired) electrons. The third-order valence-corrected chi connectivity index (χ3v) is 2.96. The van der Waals surface area contributed by atoms with Crippen molar-refractivity contribution < 1.29 is 4.74 Å². The Morgan fingerprint density at radius 1 is 1.20 bits per heavy atom. The molecule has 0 fully saturated rings. The average Bonchev–Trinajstić information content (AvgIpc) is 2.80. The number of ether oxygens (including phenoxy) is 1. The smallest absolute Gasteiger partial charge is 0.273 e. The van der Waals surface area contributed by atoms with E-state index in [0.717, 1.165) is 17.0 Å². The van der Waals surface area contributed by atoms with Crippen LogP contribution in [-0.2, 0) is 0 Å². The fraction of sp³-hybridized carbons (Fsp3) is 0.143. The number of hydrogen-bond acceptors (Lipinski definition) is 3. The molecule has 0 spiro atoms. The van der Waals surface area contributed by atoms with Gasteiger partial charge in [0.1, 0.15) is 5.75 Å². The molecule has 5 nitrogen and oxygen atoms in total. The molecule has 0 bridgehead atoms. The second-order valence-electron chi connectivity index (χ2n) is 4.34. The van der Waals surface area contributed by atoms with Gasteiger partial charge in [-0.1, -0.05) is 0 Å². The number of nitrogens with zero attached hydrogens (tertiary/aromatic N) is 2. The van der Waals surface area contributed by atoms with Crippen molar-refractivity contribution in [1.82, 2.24) is 14.6 Å². The zero-order valence-electron chi connectivity index (χ0n) is 11.7. The molecule has 0 saturated heterocycles. The van der Waals surface area contributed by atoms with Crippen molar-refractivity contribution >= 4 is 35.2 Å². The Labute approximate surface area is 137 Å². The van der Waals surface area contributed by atoms with E-state index in [1.807, 2.05) is 37.3 Å². The Hall–Kier alpha value is -1.56. The average molecular weight is 278 g/mol. The summed E-state index contributed by atoms with van der Waals surface area (Å²) in [5.74, 6) is 0.777. The van der Waals surface area contributed by atoms with E-state index in [9.17, 15) is 4.79 Å². The van der Waals surface area contributed by atoms with E-state index in [1.54, 1.807) is 7.11 Å². The molecule has 6 heteroatoms. The number of aromatic nitrogens is 3. The molecule has 20 heavy (non-hydrogen) atoms. The third-order valence-electron chi connectivity index (χ3n) is 2.96. The van der Waals surface area contributed by atoms with Gasteiger partial charge >= 0.3 is 0 Å². The Balaban J connectivity index is 0.00000147. The van der Waals surface area contributed by atoms with Crippen LogP contribution in [0, 0.1) is 6.92 Å². The largest absolute Gasteiger partial charge is 0.497 e. The maximum atomic E-state index is 12.0. The number of nitrogens with one attached hydrogen (secondary N) is 1. The molecule has 0 unspecified atom stereocenters. The monoisotopic (exact) mass is 278 g/mol. The van der Waals surface area contributed by atoms with Gasteiger partial charge in [-0.2, -0.15) is 0 Å². The molecule has 1 N–H and O–H groups in total. The minimum absolute atomic E-state index is 0. The molecule has 2 heterocycles. The molecular formula is C14H13N3NaO2. The zero-order chi connectivity index (χ0) is 13.4. The van der Waals surface area contributed by atoms with Crippen LogP contribution in [0.15, 0.2) is 41.2 Å². The van der Waals surface area contributed by atoms with Crippen molar-refractivity contribution in [3.63, 3.8) is 0 Å². The first-order chi connectivity index (χ1) is 9.17. The Morgan fingerprint density at radius 2 is 1.90 bits per heavy atom. The first-order valence-corrected chi connectivity index (χ1v) is 5.91. The molecule has 0 atom stereocenters. The summed E-state index contributed by atoms with van der Waals surface area (Å²) in [6.07, 6.45) is 0. The van der Waals surface area contributed by atoms with E-state index >= 15 is 0 Å². The summed E-state index contributed by atoms with van der Waals surface area (Å²) >= 11 is 0. The van der Waals surface area contributed by atoms with Crippen LogP contribution in [0.4, 0.5) is 0 Å². The number of aromatic amines is 1. The molecule has 0 aliphatic carbocycles. The van der Waals surface area contributed by atoms with Crippen LogP contribution in [0.3, 0.4) is 0 Å². The fourth-order valence-corrected chi connectivity index (χ4v) is 2.02. The molecule has 0 saturated carbocycles. The summed E-state index contributed by atoms with van der Waals surface area (Å²) in [4.78, 5) is 16.4. The number of hydrogen-bond donors (Lipinski definition) is 1. The van der Waals surface area contributed by atoms with Gasteiger partial charge in [-0.05, 0) is 31.2 Å². The molecule has 3 rings (SSSR count). The summed E-state index contributed by atoms with van der Waals surface area (Å²) < 4.78 is 6.54. The Morgan fingerprint density at radius 3 is 2.55 bits per heavy atom. The number of benzene rings is 1. The summed E-state index contributed by atoms with van der Waals surface area (Å²) in [5.41, 5.74) is 2.95. The molecule has 0 aliphatic rings. The van der Waals surface area contributed by atoms with Crippen molar-refractivity contribution in [2.45, 2.75) is 6.92 Å².